The highest BCUT2D eigenvalue weighted by atomic mass is 16.2. The number of carbonyl (C=O) groups excluding carboxylic acids is 6. The van der Waals surface area contributed by atoms with Crippen molar-refractivity contribution in [3.8, 4) is 33.8 Å². The van der Waals surface area contributed by atoms with E-state index in [1.165, 1.54) is 25.7 Å². The number of para-hydroxylation sites is 3. The van der Waals surface area contributed by atoms with Crippen molar-refractivity contribution in [1.29, 1.82) is 0 Å². The first-order valence-electron chi connectivity index (χ1n) is 32.3. The molecule has 6 aromatic carbocycles. The van der Waals surface area contributed by atoms with Gasteiger partial charge >= 0.3 is 0 Å². The fourth-order valence-electron chi connectivity index (χ4n) is 11.6. The molecular formula is C77H95N13O6. The number of primary amides is 1. The zero-order valence-electron chi connectivity index (χ0n) is 54.1. The van der Waals surface area contributed by atoms with Crippen molar-refractivity contribution in [1.82, 2.24) is 44.6 Å². The second-order valence-corrected chi connectivity index (χ2v) is 23.9. The van der Waals surface area contributed by atoms with E-state index in [0.29, 0.717) is 88.3 Å². The first-order chi connectivity index (χ1) is 46.1. The first kappa shape index (κ1) is 69.3. The lowest BCUT2D eigenvalue weighted by Gasteiger charge is -2.31. The Labute approximate surface area is 570 Å². The highest BCUT2D eigenvalue weighted by molar-refractivity contribution is 6.05. The molecule has 0 atom stereocenters. The topological polar surface area (TPSA) is 252 Å². The van der Waals surface area contributed by atoms with Crippen LogP contribution in [0.4, 0.5) is 17.1 Å². The number of nitrogens with one attached hydrogen (secondary N) is 3. The highest BCUT2D eigenvalue weighted by Crippen LogP contribution is 2.28. The minimum atomic E-state index is -0.334. The van der Waals surface area contributed by atoms with Crippen LogP contribution in [0, 0.1) is 32.6 Å². The maximum absolute atomic E-state index is 12.8. The van der Waals surface area contributed by atoms with Gasteiger partial charge in [-0.3, -0.25) is 43.7 Å². The zero-order valence-corrected chi connectivity index (χ0v) is 54.1. The van der Waals surface area contributed by atoms with Crippen LogP contribution >= 0.6 is 0 Å². The van der Waals surface area contributed by atoms with E-state index >= 15 is 0 Å². The maximum atomic E-state index is 12.8. The lowest BCUT2D eigenvalue weighted by Crippen LogP contribution is -2.41. The fraction of sp³-hybridized carbons (Fsp3) is 0.273. The molecule has 12 rings (SSSR count). The number of carbonyl (C=O) groups is 6. The number of amides is 6. The Morgan fingerprint density at radius 1 is 0.448 bits per heavy atom. The average molecular weight is 1300 g/mol. The number of piperidine rings is 3. The second kappa shape index (κ2) is 33.2. The Morgan fingerprint density at radius 3 is 1.09 bits per heavy atom. The molecule has 96 heavy (non-hydrogen) atoms. The Bertz CT molecular complexity index is 4190. The van der Waals surface area contributed by atoms with Crippen molar-refractivity contribution in [3.05, 3.63) is 240 Å². The first-order valence-corrected chi connectivity index (χ1v) is 32.3. The van der Waals surface area contributed by atoms with E-state index in [2.05, 4.69) is 76.4 Å². The summed E-state index contributed by atoms with van der Waals surface area (Å²) < 4.78 is 0. The molecule has 0 radical (unpaired) electrons. The Kier molecular flexibility index (Phi) is 23.9. The number of rotatable bonds is 15. The van der Waals surface area contributed by atoms with Crippen molar-refractivity contribution >= 4 is 58.2 Å². The third-order valence-corrected chi connectivity index (χ3v) is 17.4. The molecule has 6 heterocycles. The van der Waals surface area contributed by atoms with Crippen molar-refractivity contribution in [2.24, 2.45) is 17.6 Å². The number of anilines is 3. The Balaban J connectivity index is 0.000000385. The molecule has 0 unspecified atom stereocenters. The summed E-state index contributed by atoms with van der Waals surface area (Å²) in [5, 5.41) is 8.56. The number of likely N-dealkylation sites (tertiary alicyclic amines) is 3. The summed E-state index contributed by atoms with van der Waals surface area (Å²) >= 11 is 0. The van der Waals surface area contributed by atoms with Crippen LogP contribution in [0.3, 0.4) is 0 Å². The van der Waals surface area contributed by atoms with Crippen LogP contribution in [0.25, 0.3) is 39.5 Å². The number of aryl methyl sites for hydroxylation is 3. The van der Waals surface area contributed by atoms with E-state index < -0.39 is 0 Å². The molecule has 6 amide bonds. The van der Waals surface area contributed by atoms with Gasteiger partial charge < -0.3 is 36.4 Å². The van der Waals surface area contributed by atoms with Crippen LogP contribution in [0.1, 0.15) is 149 Å². The summed E-state index contributed by atoms with van der Waals surface area (Å²) in [6.45, 7) is 16.6. The lowest BCUT2D eigenvalue weighted by atomic mass is 9.94. The summed E-state index contributed by atoms with van der Waals surface area (Å²) in [5.41, 5.74) is 17.7. The molecule has 19 heteroatoms. The van der Waals surface area contributed by atoms with E-state index in [4.69, 9.17) is 5.73 Å². The van der Waals surface area contributed by atoms with Crippen LogP contribution < -0.4 is 21.7 Å². The number of nitrogens with zero attached hydrogens (tertiary/aromatic N) is 9. The van der Waals surface area contributed by atoms with Gasteiger partial charge in [0.05, 0.1) is 52.8 Å². The van der Waals surface area contributed by atoms with Gasteiger partial charge in [-0.25, -0.2) is 15.0 Å². The van der Waals surface area contributed by atoms with E-state index in [9.17, 15) is 28.8 Å². The molecule has 0 spiro atoms. The minimum Gasteiger partial charge on any atom is -0.372 e. The van der Waals surface area contributed by atoms with Crippen LogP contribution in [0.5, 0.6) is 0 Å². The van der Waals surface area contributed by atoms with Crippen molar-refractivity contribution in [3.63, 3.8) is 0 Å². The van der Waals surface area contributed by atoms with Crippen molar-refractivity contribution in [2.45, 2.75) is 86.5 Å². The summed E-state index contributed by atoms with van der Waals surface area (Å²) in [6.07, 6.45) is 13.2. The van der Waals surface area contributed by atoms with Gasteiger partial charge in [-0.15, -0.1) is 0 Å². The van der Waals surface area contributed by atoms with Gasteiger partial charge in [0.2, 0.25) is 5.91 Å². The predicted molar refractivity (Wildman–Crippen MR) is 390 cm³/mol. The van der Waals surface area contributed by atoms with Crippen LogP contribution in [0.15, 0.2) is 189 Å². The summed E-state index contributed by atoms with van der Waals surface area (Å²) in [5.74, 6) is -0.638. The molecule has 9 aromatic rings. The number of aromatic nitrogens is 6. The summed E-state index contributed by atoms with van der Waals surface area (Å²) in [4.78, 5) is 108. The lowest BCUT2D eigenvalue weighted by molar-refractivity contribution is -0.123. The van der Waals surface area contributed by atoms with Crippen molar-refractivity contribution < 1.29 is 37.3 Å². The van der Waals surface area contributed by atoms with Gasteiger partial charge in [-0.2, -0.15) is 0 Å². The molecule has 0 saturated carbocycles. The van der Waals surface area contributed by atoms with E-state index in [0.717, 1.165) is 78.6 Å². The van der Waals surface area contributed by atoms with Gasteiger partial charge in [-0.05, 0) is 138 Å². The van der Waals surface area contributed by atoms with Crippen LogP contribution in [0.2, 0.25) is 0 Å². The number of benzene rings is 6. The SMILES string of the molecule is C.C=C(c1ccc(-c2cnc(C)c(C(=O)Nc3ccccc3)n2)cc1)N1CCCCC1.CCC1CCN(C(=O)c2ccc(-c3cnc(C)c(C(=O)Nc4ccccc4)n3)cc2)CC1.Cc1ncc(-c2ccc(C(=O)N3CCC(C(N)=O)CC3)cc2)nc1C(=O)Nc1ccccc1.[HH].[HH].[HH].[HH].[HH].[HH]. The molecule has 0 aliphatic carbocycles. The zero-order chi connectivity index (χ0) is 66.8. The quantitative estimate of drug-likeness (QED) is 0.0746. The number of hydrogen-bond donors (Lipinski definition) is 4. The molecule has 3 aliphatic rings. The normalized spacial score (nSPS) is 13.9. The van der Waals surface area contributed by atoms with Crippen molar-refractivity contribution in [2.75, 3.05) is 55.2 Å². The summed E-state index contributed by atoms with van der Waals surface area (Å²) in [6, 6.07) is 50.4. The fourth-order valence-corrected chi connectivity index (χ4v) is 11.6. The van der Waals surface area contributed by atoms with E-state index in [1.807, 2.05) is 120 Å². The average Bonchev–Trinajstić information content (AvgIpc) is 0.825. The molecule has 0 bridgehead atoms. The number of nitrogens with two attached hydrogens (primary N) is 1. The van der Waals surface area contributed by atoms with E-state index in [-0.39, 0.29) is 68.7 Å². The molecule has 504 valence electrons. The molecule has 3 aliphatic heterocycles. The molecule has 3 saturated heterocycles. The van der Waals surface area contributed by atoms with Gasteiger partial charge in [-0.1, -0.05) is 130 Å². The molecule has 3 aromatic heterocycles. The standard InChI is InChI=1S/C26H28N4O2.C25H25N5O3.C25H26N4O.CH4.6H2/c1-3-19-13-15-30(16-14-19)26(32)21-11-9-20(10-12-21)23-17-27-18(2)24(29-23)25(31)28-22-7-5-4-6-8-22;1-16-22(24(32)28-20-5-3-2-4-6-20)29-21(15-27-16)17-7-9-19(10-8-17)25(33)30-13-11-18(12-14-30)23(26)31;1-18-24(25(30)27-22-9-5-3-6-10-22)28-23(17-26-18)21-13-11-20(12-14-21)19(2)29-15-7-4-8-16-29;;;;;;;/h4-12,17,19H,3,13-16H2,1-2H3,(H,28,31);2-10,15,18H,11-14H2,1H3,(H2,26,31)(H,28,32);3,5-6,9-14,17H,2,4,7-8,15-16H2,1H3,(H,27,30);1H4;6*1H. The summed E-state index contributed by atoms with van der Waals surface area (Å²) in [7, 11) is 0. The van der Waals surface area contributed by atoms with Gasteiger partial charge in [0.25, 0.3) is 29.5 Å². The second-order valence-electron chi connectivity index (χ2n) is 23.9. The Hall–Kier alpha value is -11.1. The minimum absolute atomic E-state index is 0. The third-order valence-electron chi connectivity index (χ3n) is 17.4. The molecule has 3 fully saturated rings. The maximum Gasteiger partial charge on any atom is 0.276 e. The third kappa shape index (κ3) is 18.0. The predicted octanol–water partition coefficient (Wildman–Crippen LogP) is 15.3. The van der Waals surface area contributed by atoms with Gasteiger partial charge in [0.15, 0.2) is 0 Å². The Morgan fingerprint density at radius 2 is 0.771 bits per heavy atom. The van der Waals surface area contributed by atoms with Crippen LogP contribution in [-0.2, 0) is 4.79 Å². The molecule has 5 N–H and O–H groups in total. The number of hydrogen-bond acceptors (Lipinski definition) is 13. The monoisotopic (exact) mass is 1300 g/mol. The van der Waals surface area contributed by atoms with Crippen LogP contribution in [-0.4, -0.2) is 119 Å². The highest BCUT2D eigenvalue weighted by Gasteiger charge is 2.28. The van der Waals surface area contributed by atoms with Gasteiger partial charge in [0, 0.05) is 104 Å². The molecular weight excluding hydrogens is 1200 g/mol. The van der Waals surface area contributed by atoms with E-state index in [1.54, 1.807) is 80.7 Å². The largest absolute Gasteiger partial charge is 0.372 e. The smallest absolute Gasteiger partial charge is 0.276 e. The van der Waals surface area contributed by atoms with Gasteiger partial charge in [0.1, 0.15) is 17.1 Å². The molecule has 19 nitrogen and oxygen atoms in total.